The van der Waals surface area contributed by atoms with Crippen molar-refractivity contribution >= 4 is 0 Å². The van der Waals surface area contributed by atoms with Gasteiger partial charge in [0, 0.05) is 30.4 Å². The standard InChI is InChI=1S/C29H32N4O6/c1-36-22-12-17-7-11-32-27(20(17)14-24(22)38-3)28(33(34)35)26(19-6-5-9-30-16-19)31-10-8-18-13-23(37-2)25(39-4)15-21(18)29(31)32/h5-6,9,12-16,26-29H,7-8,10-11H2,1-4H3/t26-,27+,28-,29-/m1/s1. The molecule has 0 spiro atoms. The van der Waals surface area contributed by atoms with Gasteiger partial charge < -0.3 is 18.9 Å². The van der Waals surface area contributed by atoms with Crippen LogP contribution in [0.1, 0.15) is 46.1 Å². The molecule has 0 radical (unpaired) electrons. The minimum atomic E-state index is -0.927. The number of hydrogen-bond acceptors (Lipinski definition) is 9. The third-order valence-electron chi connectivity index (χ3n) is 8.43. The van der Waals surface area contributed by atoms with Crippen LogP contribution in [-0.4, -0.2) is 67.3 Å². The van der Waals surface area contributed by atoms with E-state index < -0.39 is 18.1 Å². The molecule has 1 aromatic heterocycles. The van der Waals surface area contributed by atoms with E-state index in [4.69, 9.17) is 18.9 Å². The molecule has 3 aliphatic heterocycles. The second-order valence-electron chi connectivity index (χ2n) is 10.1. The molecule has 3 aromatic rings. The highest BCUT2D eigenvalue weighted by molar-refractivity contribution is 5.52. The maximum absolute atomic E-state index is 13.0. The molecule has 10 heteroatoms. The molecule has 0 bridgehead atoms. The predicted molar refractivity (Wildman–Crippen MR) is 143 cm³/mol. The number of nitro groups is 1. The molecular weight excluding hydrogens is 500 g/mol. The topological polar surface area (TPSA) is 99.4 Å². The lowest BCUT2D eigenvalue weighted by molar-refractivity contribution is -0.550. The molecule has 0 saturated carbocycles. The number of rotatable bonds is 6. The Morgan fingerprint density at radius 2 is 1.36 bits per heavy atom. The van der Waals surface area contributed by atoms with Crippen molar-refractivity contribution in [2.45, 2.75) is 37.1 Å². The molecule has 1 fully saturated rings. The highest BCUT2D eigenvalue weighted by Crippen LogP contribution is 2.55. The summed E-state index contributed by atoms with van der Waals surface area (Å²) in [5.41, 5.74) is 5.03. The molecule has 2 aromatic carbocycles. The van der Waals surface area contributed by atoms with Crippen LogP contribution in [0.3, 0.4) is 0 Å². The van der Waals surface area contributed by atoms with Crippen molar-refractivity contribution in [2.75, 3.05) is 41.5 Å². The average molecular weight is 533 g/mol. The second-order valence-corrected chi connectivity index (χ2v) is 10.1. The number of benzene rings is 2. The van der Waals surface area contributed by atoms with Crippen LogP contribution in [0.4, 0.5) is 0 Å². The molecule has 39 heavy (non-hydrogen) atoms. The van der Waals surface area contributed by atoms with Gasteiger partial charge in [-0.15, -0.1) is 0 Å². The third-order valence-corrected chi connectivity index (χ3v) is 8.43. The third kappa shape index (κ3) is 3.97. The summed E-state index contributed by atoms with van der Waals surface area (Å²) in [5, 5.41) is 13.0. The summed E-state index contributed by atoms with van der Waals surface area (Å²) in [6.45, 7) is 1.32. The minimum Gasteiger partial charge on any atom is -0.493 e. The van der Waals surface area contributed by atoms with Crippen LogP contribution in [0.2, 0.25) is 0 Å². The zero-order valence-corrected chi connectivity index (χ0v) is 22.5. The Morgan fingerprint density at radius 1 is 0.821 bits per heavy atom. The first-order valence-corrected chi connectivity index (χ1v) is 13.0. The van der Waals surface area contributed by atoms with Crippen LogP contribution in [0.15, 0.2) is 48.8 Å². The fraction of sp³-hybridized carbons (Fsp3) is 0.414. The van der Waals surface area contributed by atoms with E-state index in [-0.39, 0.29) is 11.1 Å². The summed E-state index contributed by atoms with van der Waals surface area (Å²) in [6.07, 6.45) is 4.75. The summed E-state index contributed by atoms with van der Waals surface area (Å²) in [7, 11) is 6.47. The van der Waals surface area contributed by atoms with Crippen molar-refractivity contribution in [3.63, 3.8) is 0 Å². The number of nitrogens with zero attached hydrogens (tertiary/aromatic N) is 4. The molecule has 204 valence electrons. The fourth-order valence-corrected chi connectivity index (χ4v) is 6.79. The van der Waals surface area contributed by atoms with Gasteiger partial charge in [-0.05, 0) is 71.0 Å². The maximum Gasteiger partial charge on any atom is 0.252 e. The Balaban J connectivity index is 1.59. The molecule has 4 atom stereocenters. The number of ether oxygens (including phenoxy) is 4. The fourth-order valence-electron chi connectivity index (χ4n) is 6.79. The van der Waals surface area contributed by atoms with Gasteiger partial charge in [0.2, 0.25) is 0 Å². The van der Waals surface area contributed by atoms with E-state index in [9.17, 15) is 10.1 Å². The lowest BCUT2D eigenvalue weighted by atomic mass is 9.77. The largest absolute Gasteiger partial charge is 0.493 e. The van der Waals surface area contributed by atoms with E-state index in [1.54, 1.807) is 40.8 Å². The highest BCUT2D eigenvalue weighted by atomic mass is 16.6. The predicted octanol–water partition coefficient (Wildman–Crippen LogP) is 3.97. The van der Waals surface area contributed by atoms with Crippen molar-refractivity contribution in [1.29, 1.82) is 0 Å². The Bertz CT molecular complexity index is 1400. The summed E-state index contributed by atoms with van der Waals surface area (Å²) >= 11 is 0. The molecule has 3 aliphatic rings. The van der Waals surface area contributed by atoms with Gasteiger partial charge >= 0.3 is 0 Å². The molecule has 10 nitrogen and oxygen atoms in total. The summed E-state index contributed by atoms with van der Waals surface area (Å²) < 4.78 is 22.5. The van der Waals surface area contributed by atoms with Crippen LogP contribution in [-0.2, 0) is 12.8 Å². The van der Waals surface area contributed by atoms with Crippen LogP contribution >= 0.6 is 0 Å². The summed E-state index contributed by atoms with van der Waals surface area (Å²) in [5.74, 6) is 2.53. The van der Waals surface area contributed by atoms with Gasteiger partial charge in [-0.3, -0.25) is 24.9 Å². The van der Waals surface area contributed by atoms with Crippen molar-refractivity contribution in [3.05, 3.63) is 86.7 Å². The Kier molecular flexibility index (Phi) is 6.52. The van der Waals surface area contributed by atoms with Crippen LogP contribution in [0.25, 0.3) is 0 Å². The highest BCUT2D eigenvalue weighted by Gasteiger charge is 2.57. The van der Waals surface area contributed by atoms with E-state index in [0.717, 1.165) is 40.7 Å². The molecule has 0 amide bonds. The van der Waals surface area contributed by atoms with Gasteiger partial charge in [-0.2, -0.15) is 0 Å². The first-order chi connectivity index (χ1) is 19.0. The number of methoxy groups -OCH3 is 4. The molecule has 1 saturated heterocycles. The van der Waals surface area contributed by atoms with Gasteiger partial charge in [0.05, 0.1) is 34.6 Å². The van der Waals surface area contributed by atoms with E-state index in [2.05, 4.69) is 14.8 Å². The number of hydrogen-bond donors (Lipinski definition) is 0. The Labute approximate surface area is 227 Å². The van der Waals surface area contributed by atoms with E-state index in [1.165, 1.54) is 0 Å². The number of fused-ring (bicyclic) bond motifs is 7. The monoisotopic (exact) mass is 532 g/mol. The van der Waals surface area contributed by atoms with Crippen molar-refractivity contribution < 1.29 is 23.9 Å². The second kappa shape index (κ2) is 10.0. The first kappa shape index (κ1) is 25.4. The van der Waals surface area contributed by atoms with E-state index >= 15 is 0 Å². The normalized spacial score (nSPS) is 24.0. The van der Waals surface area contributed by atoms with Crippen LogP contribution in [0, 0.1) is 10.1 Å². The summed E-state index contributed by atoms with van der Waals surface area (Å²) in [4.78, 5) is 21.8. The van der Waals surface area contributed by atoms with Gasteiger partial charge in [-0.25, -0.2) is 0 Å². The molecule has 0 aliphatic carbocycles. The molecule has 0 unspecified atom stereocenters. The van der Waals surface area contributed by atoms with Crippen LogP contribution < -0.4 is 18.9 Å². The van der Waals surface area contributed by atoms with Crippen molar-refractivity contribution in [2.24, 2.45) is 0 Å². The quantitative estimate of drug-likeness (QED) is 0.345. The van der Waals surface area contributed by atoms with Crippen molar-refractivity contribution in [3.8, 4) is 23.0 Å². The van der Waals surface area contributed by atoms with Gasteiger partial charge in [0.15, 0.2) is 23.0 Å². The van der Waals surface area contributed by atoms with E-state index in [1.807, 2.05) is 36.4 Å². The lowest BCUT2D eigenvalue weighted by Crippen LogP contribution is -2.62. The van der Waals surface area contributed by atoms with Gasteiger partial charge in [0.1, 0.15) is 12.1 Å². The minimum absolute atomic E-state index is 0.110. The zero-order chi connectivity index (χ0) is 27.3. The molecule has 6 rings (SSSR count). The number of aromatic nitrogens is 1. The van der Waals surface area contributed by atoms with Gasteiger partial charge in [-0.1, -0.05) is 6.07 Å². The van der Waals surface area contributed by atoms with Crippen molar-refractivity contribution in [1.82, 2.24) is 14.8 Å². The van der Waals surface area contributed by atoms with Gasteiger partial charge in [0.25, 0.3) is 6.04 Å². The SMILES string of the molecule is COc1cc2c(cc1OC)[C@@H]1N(CC2)[C@H](c2cccnc2)[C@@H]([N+](=O)[O-])[C@@H]2c3cc(OC)c(OC)cc3CCN12. The smallest absolute Gasteiger partial charge is 0.252 e. The first-order valence-electron chi connectivity index (χ1n) is 13.0. The van der Waals surface area contributed by atoms with Crippen LogP contribution in [0.5, 0.6) is 23.0 Å². The average Bonchev–Trinajstić information content (AvgIpc) is 2.98. The Hall–Kier alpha value is -3.89. The maximum atomic E-state index is 13.0. The molecular formula is C29H32N4O6. The summed E-state index contributed by atoms with van der Waals surface area (Å²) in [6, 6.07) is 9.88. The number of pyridine rings is 1. The van der Waals surface area contributed by atoms with E-state index in [0.29, 0.717) is 36.1 Å². The molecule has 0 N–H and O–H groups in total. The zero-order valence-electron chi connectivity index (χ0n) is 22.5. The Morgan fingerprint density at radius 3 is 1.90 bits per heavy atom. The lowest BCUT2D eigenvalue weighted by Gasteiger charge is -2.56. The molecule has 4 heterocycles.